The lowest BCUT2D eigenvalue weighted by atomic mass is 10.1. The molecule has 1 atom stereocenters. The van der Waals surface area contributed by atoms with Crippen molar-refractivity contribution in [1.82, 2.24) is 14.5 Å². The van der Waals surface area contributed by atoms with Crippen LogP contribution >= 0.6 is 11.8 Å². The molecule has 0 aliphatic heterocycles. The van der Waals surface area contributed by atoms with Crippen LogP contribution in [0, 0.1) is 0 Å². The summed E-state index contributed by atoms with van der Waals surface area (Å²) >= 11 is 1.72. The maximum Gasteiger partial charge on any atom is 0.355 e. The monoisotopic (exact) mass is 383 g/mol. The molecule has 1 aromatic heterocycles. The molecule has 7 nitrogen and oxygen atoms in total. The molecule has 1 unspecified atom stereocenters. The zero-order valence-corrected chi connectivity index (χ0v) is 16.1. The number of aromatic carboxylic acids is 1. The minimum atomic E-state index is -4.01. The first kappa shape index (κ1) is 19.5. The van der Waals surface area contributed by atoms with Crippen molar-refractivity contribution in [1.29, 1.82) is 0 Å². The number of carbonyl (C=O) groups is 1. The van der Waals surface area contributed by atoms with E-state index in [9.17, 15) is 18.3 Å². The summed E-state index contributed by atoms with van der Waals surface area (Å²) in [5, 5.41) is 13.4. The molecule has 136 valence electrons. The molecule has 0 saturated carbocycles. The maximum atomic E-state index is 12.5. The largest absolute Gasteiger partial charge is 0.476 e. The molecule has 25 heavy (non-hydrogen) atoms. The average molecular weight is 383 g/mol. The number of carboxylic acid groups (broad SMARTS) is 1. The number of hydrogen-bond acceptors (Lipinski definition) is 5. The summed E-state index contributed by atoms with van der Waals surface area (Å²) in [5.74, 6) is -1.34. The van der Waals surface area contributed by atoms with E-state index in [0.717, 1.165) is 21.3 Å². The lowest BCUT2D eigenvalue weighted by Crippen LogP contribution is -2.28. The molecule has 2 aromatic rings. The number of hydrogen-bond donors (Lipinski definition) is 2. The number of rotatable bonds is 7. The number of thioether (sulfide) groups is 1. The van der Waals surface area contributed by atoms with Crippen LogP contribution in [0.2, 0.25) is 0 Å². The fraction of sp³-hybridized carbons (Fsp3) is 0.375. The molecule has 2 N–H and O–H groups in total. The van der Waals surface area contributed by atoms with Gasteiger partial charge in [0.05, 0.1) is 6.20 Å². The first-order chi connectivity index (χ1) is 11.6. The highest BCUT2D eigenvalue weighted by molar-refractivity contribution is 7.99. The zero-order valence-electron chi connectivity index (χ0n) is 14.4. The van der Waals surface area contributed by atoms with E-state index >= 15 is 0 Å². The minimum Gasteiger partial charge on any atom is -0.476 e. The van der Waals surface area contributed by atoms with Gasteiger partial charge in [0.15, 0.2) is 5.69 Å². The van der Waals surface area contributed by atoms with Gasteiger partial charge in [-0.1, -0.05) is 26.0 Å². The van der Waals surface area contributed by atoms with Crippen molar-refractivity contribution >= 4 is 27.8 Å². The van der Waals surface area contributed by atoms with Gasteiger partial charge >= 0.3 is 5.97 Å². The van der Waals surface area contributed by atoms with Gasteiger partial charge in [-0.2, -0.15) is 5.10 Å². The molecule has 0 spiro atoms. The Morgan fingerprint density at radius 1 is 1.24 bits per heavy atom. The molecule has 1 aromatic carbocycles. The van der Waals surface area contributed by atoms with E-state index in [1.165, 1.54) is 7.05 Å². The maximum absolute atomic E-state index is 12.5. The number of carboxylic acids is 1. The second-order valence-corrected chi connectivity index (χ2v) is 9.20. The van der Waals surface area contributed by atoms with Gasteiger partial charge in [0, 0.05) is 23.2 Å². The molecule has 0 radical (unpaired) electrons. The van der Waals surface area contributed by atoms with Crippen molar-refractivity contribution in [2.24, 2.45) is 7.05 Å². The van der Waals surface area contributed by atoms with Gasteiger partial charge in [0.2, 0.25) is 10.0 Å². The van der Waals surface area contributed by atoms with Gasteiger partial charge in [-0.3, -0.25) is 4.68 Å². The van der Waals surface area contributed by atoms with Crippen molar-refractivity contribution in [3.05, 3.63) is 41.7 Å². The van der Waals surface area contributed by atoms with Crippen molar-refractivity contribution < 1.29 is 18.3 Å². The molecule has 0 aliphatic rings. The second kappa shape index (κ2) is 7.59. The lowest BCUT2D eigenvalue weighted by Gasteiger charge is -2.15. The Hall–Kier alpha value is -1.84. The van der Waals surface area contributed by atoms with Crippen LogP contribution < -0.4 is 4.72 Å². The van der Waals surface area contributed by atoms with Gasteiger partial charge in [0.1, 0.15) is 4.90 Å². The molecule has 1 heterocycles. The molecule has 9 heteroatoms. The second-order valence-electron chi connectivity index (χ2n) is 5.86. The Kier molecular flexibility index (Phi) is 5.91. The Morgan fingerprint density at radius 2 is 1.84 bits per heavy atom. The first-order valence-corrected chi connectivity index (χ1v) is 10.0. The van der Waals surface area contributed by atoms with Gasteiger partial charge < -0.3 is 5.11 Å². The number of benzene rings is 1. The van der Waals surface area contributed by atoms with Crippen molar-refractivity contribution in [3.8, 4) is 0 Å². The summed E-state index contributed by atoms with van der Waals surface area (Å²) in [7, 11) is -2.63. The third-order valence-corrected chi connectivity index (χ3v) is 6.04. The molecule has 0 amide bonds. The van der Waals surface area contributed by atoms with Crippen molar-refractivity contribution in [3.63, 3.8) is 0 Å². The molecule has 0 fully saturated rings. The minimum absolute atomic E-state index is 0.346. The highest BCUT2D eigenvalue weighted by atomic mass is 32.2. The molecule has 2 rings (SSSR count). The van der Waals surface area contributed by atoms with Crippen LogP contribution in [0.3, 0.4) is 0 Å². The highest BCUT2D eigenvalue weighted by Gasteiger charge is 2.28. The van der Waals surface area contributed by atoms with Crippen molar-refractivity contribution in [2.75, 3.05) is 0 Å². The summed E-state index contributed by atoms with van der Waals surface area (Å²) in [5.41, 5.74) is 0.417. The predicted octanol–water partition coefficient (Wildman–Crippen LogP) is 2.66. The quantitative estimate of drug-likeness (QED) is 0.713. The third kappa shape index (κ3) is 4.62. The summed E-state index contributed by atoms with van der Waals surface area (Å²) < 4.78 is 28.6. The molecule has 0 bridgehead atoms. The third-order valence-electron chi connectivity index (χ3n) is 3.48. The number of aryl methyl sites for hydroxylation is 1. The van der Waals surface area contributed by atoms with Gasteiger partial charge in [0.25, 0.3) is 0 Å². The highest BCUT2D eigenvalue weighted by Crippen LogP contribution is 2.25. The fourth-order valence-electron chi connectivity index (χ4n) is 2.33. The van der Waals surface area contributed by atoms with Crippen LogP contribution in [-0.2, 0) is 17.1 Å². The standard InChI is InChI=1S/C16H21N3O4S2/c1-10(2)24-13-7-5-12(6-8-13)11(3)18-25(22,23)14-9-17-19(4)15(14)16(20)21/h5-11,18H,1-4H3,(H,20,21). The van der Waals surface area contributed by atoms with E-state index in [1.807, 2.05) is 24.3 Å². The predicted molar refractivity (Wildman–Crippen MR) is 96.3 cm³/mol. The van der Waals surface area contributed by atoms with Gasteiger partial charge in [-0.15, -0.1) is 11.8 Å². The lowest BCUT2D eigenvalue weighted by molar-refractivity contribution is 0.0680. The van der Waals surface area contributed by atoms with Crippen LogP contribution in [0.15, 0.2) is 40.3 Å². The molecular weight excluding hydrogens is 362 g/mol. The van der Waals surface area contributed by atoms with Crippen molar-refractivity contribution in [2.45, 2.75) is 41.9 Å². The van der Waals surface area contributed by atoms with Crippen LogP contribution in [0.1, 0.15) is 42.9 Å². The molecular formula is C16H21N3O4S2. The Balaban J connectivity index is 2.22. The van der Waals surface area contributed by atoms with Gasteiger partial charge in [-0.05, 0) is 24.6 Å². The number of nitrogens with zero attached hydrogens (tertiary/aromatic N) is 2. The van der Waals surface area contributed by atoms with Gasteiger partial charge in [-0.25, -0.2) is 17.9 Å². The number of aromatic nitrogens is 2. The first-order valence-electron chi connectivity index (χ1n) is 7.66. The van der Waals surface area contributed by atoms with E-state index in [1.54, 1.807) is 18.7 Å². The average Bonchev–Trinajstić information content (AvgIpc) is 2.89. The van der Waals surface area contributed by atoms with E-state index < -0.39 is 22.0 Å². The zero-order chi connectivity index (χ0) is 18.8. The number of sulfonamides is 1. The van der Waals surface area contributed by atoms with Crippen LogP contribution in [0.5, 0.6) is 0 Å². The SMILES string of the molecule is CC(C)Sc1ccc(C(C)NS(=O)(=O)c2cnn(C)c2C(=O)O)cc1. The molecule has 0 aliphatic carbocycles. The summed E-state index contributed by atoms with van der Waals surface area (Å²) in [6, 6.07) is 7.10. The molecule has 0 saturated heterocycles. The fourth-order valence-corrected chi connectivity index (χ4v) is 4.56. The summed E-state index contributed by atoms with van der Waals surface area (Å²) in [4.78, 5) is 12.0. The van der Waals surface area contributed by atoms with E-state index in [4.69, 9.17) is 0 Å². The Labute approximate surface area is 151 Å². The summed E-state index contributed by atoms with van der Waals surface area (Å²) in [6.07, 6.45) is 1.04. The normalized spacial score (nSPS) is 13.2. The Bertz CT molecular complexity index is 858. The van der Waals surface area contributed by atoms with Crippen LogP contribution in [0.25, 0.3) is 0 Å². The van der Waals surface area contributed by atoms with E-state index in [-0.39, 0.29) is 10.6 Å². The number of nitrogens with one attached hydrogen (secondary N) is 1. The summed E-state index contributed by atoms with van der Waals surface area (Å²) in [6.45, 7) is 5.91. The van der Waals surface area contributed by atoms with Crippen LogP contribution in [-0.4, -0.2) is 34.5 Å². The Morgan fingerprint density at radius 3 is 2.36 bits per heavy atom. The van der Waals surface area contributed by atoms with E-state index in [0.29, 0.717) is 5.25 Å². The van der Waals surface area contributed by atoms with Crippen LogP contribution in [0.4, 0.5) is 0 Å². The smallest absolute Gasteiger partial charge is 0.355 e. The topological polar surface area (TPSA) is 101 Å². The van der Waals surface area contributed by atoms with E-state index in [2.05, 4.69) is 23.7 Å².